The molecule has 0 aliphatic heterocycles. The molecule has 0 aromatic carbocycles. The van der Waals surface area contributed by atoms with E-state index in [0.29, 0.717) is 0 Å². The van der Waals surface area contributed by atoms with Gasteiger partial charge in [0.2, 0.25) is 0 Å². The van der Waals surface area contributed by atoms with Crippen LogP contribution in [0.1, 0.15) is 67.2 Å². The van der Waals surface area contributed by atoms with Gasteiger partial charge in [-0.05, 0) is 63.5 Å². The van der Waals surface area contributed by atoms with E-state index in [-0.39, 0.29) is 23.5 Å². The van der Waals surface area contributed by atoms with Gasteiger partial charge in [0.15, 0.2) is 0 Å². The number of hydrogen-bond acceptors (Lipinski definition) is 5. The molecule has 0 aliphatic carbocycles. The maximum atomic E-state index is 3.65. The molecule has 22 heavy (non-hydrogen) atoms. The van der Waals surface area contributed by atoms with Crippen molar-refractivity contribution in [3.63, 3.8) is 0 Å². The highest BCUT2D eigenvalue weighted by molar-refractivity contribution is 9.09. The van der Waals surface area contributed by atoms with Gasteiger partial charge in [-0.3, -0.25) is 0 Å². The largest absolute Gasteiger partial charge is 0.311 e. The standard InChI is InChI=1S/C16H36N2S3.ClH/c1-7-9-11-17-15(3,4)13-19-21-20-14-16(5,6)18-12-10-8-2;/h17-18H,7-14H2,1-6H3;1H. The van der Waals surface area contributed by atoms with Crippen molar-refractivity contribution in [2.45, 2.75) is 78.3 Å². The van der Waals surface area contributed by atoms with Crippen LogP contribution in [0.3, 0.4) is 0 Å². The summed E-state index contributed by atoms with van der Waals surface area (Å²) in [7, 11) is 5.89. The van der Waals surface area contributed by atoms with Crippen LogP contribution in [0.5, 0.6) is 0 Å². The second kappa shape index (κ2) is 14.6. The summed E-state index contributed by atoms with van der Waals surface area (Å²) in [6, 6.07) is 0. The first-order valence-electron chi connectivity index (χ1n) is 8.24. The van der Waals surface area contributed by atoms with E-state index in [1.54, 1.807) is 0 Å². The summed E-state index contributed by atoms with van der Waals surface area (Å²) in [5, 5.41) is 7.29. The van der Waals surface area contributed by atoms with E-state index >= 15 is 0 Å². The molecule has 2 N–H and O–H groups in total. The number of nitrogens with one attached hydrogen (secondary N) is 2. The zero-order valence-corrected chi connectivity index (χ0v) is 18.6. The number of unbranched alkanes of at least 4 members (excludes halogenated alkanes) is 2. The van der Waals surface area contributed by atoms with Gasteiger partial charge in [-0.25, -0.2) is 0 Å². The van der Waals surface area contributed by atoms with Crippen LogP contribution in [0.15, 0.2) is 0 Å². The molecule has 0 aliphatic rings. The fourth-order valence-electron chi connectivity index (χ4n) is 1.69. The highest BCUT2D eigenvalue weighted by atomic mass is 35.5. The van der Waals surface area contributed by atoms with Crippen LogP contribution in [0.2, 0.25) is 0 Å². The summed E-state index contributed by atoms with van der Waals surface area (Å²) in [5.74, 6) is 2.30. The van der Waals surface area contributed by atoms with Gasteiger partial charge in [-0.15, -0.1) is 12.4 Å². The van der Waals surface area contributed by atoms with Gasteiger partial charge in [-0.1, -0.05) is 48.3 Å². The number of rotatable bonds is 14. The molecule has 0 aromatic rings. The lowest BCUT2D eigenvalue weighted by Gasteiger charge is -2.27. The normalized spacial score (nSPS) is 12.3. The smallest absolute Gasteiger partial charge is 0.0224 e. The van der Waals surface area contributed by atoms with Crippen molar-refractivity contribution in [2.24, 2.45) is 0 Å². The zero-order valence-electron chi connectivity index (χ0n) is 15.3. The second-order valence-electron chi connectivity index (χ2n) is 6.92. The summed E-state index contributed by atoms with van der Waals surface area (Å²) >= 11 is 0. The summed E-state index contributed by atoms with van der Waals surface area (Å²) in [6.07, 6.45) is 5.07. The highest BCUT2D eigenvalue weighted by Crippen LogP contribution is 2.38. The fourth-order valence-corrected chi connectivity index (χ4v) is 6.38. The first-order valence-corrected chi connectivity index (χ1v) is 12.1. The quantitative estimate of drug-likeness (QED) is 0.290. The van der Waals surface area contributed by atoms with Gasteiger partial charge in [0.25, 0.3) is 0 Å². The van der Waals surface area contributed by atoms with Crippen molar-refractivity contribution in [3.05, 3.63) is 0 Å². The summed E-state index contributed by atoms with van der Waals surface area (Å²) in [6.45, 7) is 16.0. The third-order valence-electron chi connectivity index (χ3n) is 3.20. The molecular formula is C16H37ClN2S3. The van der Waals surface area contributed by atoms with Crippen LogP contribution in [-0.2, 0) is 0 Å². The molecule has 0 saturated heterocycles. The maximum absolute atomic E-state index is 3.65. The minimum atomic E-state index is 0. The van der Waals surface area contributed by atoms with Crippen LogP contribution in [0.25, 0.3) is 0 Å². The monoisotopic (exact) mass is 388 g/mol. The van der Waals surface area contributed by atoms with Crippen molar-refractivity contribution in [3.8, 4) is 0 Å². The Labute approximate surface area is 157 Å². The third kappa shape index (κ3) is 16.1. The Morgan fingerprint density at radius 2 is 1.09 bits per heavy atom. The second-order valence-corrected chi connectivity index (χ2v) is 11.2. The molecule has 0 fully saturated rings. The molecule has 0 saturated carbocycles. The van der Waals surface area contributed by atoms with Crippen molar-refractivity contribution in [2.75, 3.05) is 24.6 Å². The van der Waals surface area contributed by atoms with Crippen molar-refractivity contribution >= 4 is 43.8 Å². The molecule has 0 rings (SSSR count). The summed E-state index contributed by atoms with van der Waals surface area (Å²) in [4.78, 5) is 0. The van der Waals surface area contributed by atoms with E-state index in [1.165, 1.54) is 25.7 Å². The Morgan fingerprint density at radius 3 is 1.41 bits per heavy atom. The third-order valence-corrected chi connectivity index (χ3v) is 8.09. The average Bonchev–Trinajstić information content (AvgIpc) is 2.38. The average molecular weight is 389 g/mol. The minimum Gasteiger partial charge on any atom is -0.311 e. The van der Waals surface area contributed by atoms with Gasteiger partial charge in [-0.2, -0.15) is 0 Å². The molecule has 0 spiro atoms. The Morgan fingerprint density at radius 1 is 0.727 bits per heavy atom. The minimum absolute atomic E-state index is 0. The van der Waals surface area contributed by atoms with E-state index in [0.717, 1.165) is 24.6 Å². The number of hydrogen-bond donors (Lipinski definition) is 2. The predicted octanol–water partition coefficient (Wildman–Crippen LogP) is 5.77. The van der Waals surface area contributed by atoms with Gasteiger partial charge >= 0.3 is 0 Å². The lowest BCUT2D eigenvalue weighted by Crippen LogP contribution is -2.42. The first-order chi connectivity index (χ1) is 9.83. The van der Waals surface area contributed by atoms with Crippen LogP contribution >= 0.6 is 43.8 Å². The topological polar surface area (TPSA) is 24.1 Å². The van der Waals surface area contributed by atoms with Gasteiger partial charge < -0.3 is 10.6 Å². The number of halogens is 1. The van der Waals surface area contributed by atoms with E-state index < -0.39 is 0 Å². The highest BCUT2D eigenvalue weighted by Gasteiger charge is 2.19. The molecular weight excluding hydrogens is 352 g/mol. The van der Waals surface area contributed by atoms with Gasteiger partial charge in [0.1, 0.15) is 0 Å². The van der Waals surface area contributed by atoms with Crippen LogP contribution in [-0.4, -0.2) is 35.7 Å². The first kappa shape index (κ1) is 25.5. The Balaban J connectivity index is 0. The van der Waals surface area contributed by atoms with E-state index in [4.69, 9.17) is 0 Å². The fraction of sp³-hybridized carbons (Fsp3) is 1.00. The molecule has 0 aromatic heterocycles. The maximum Gasteiger partial charge on any atom is 0.0224 e. The molecule has 6 heteroatoms. The molecule has 0 bridgehead atoms. The van der Waals surface area contributed by atoms with Crippen molar-refractivity contribution in [1.82, 2.24) is 10.6 Å². The molecule has 136 valence electrons. The predicted molar refractivity (Wildman–Crippen MR) is 114 cm³/mol. The Hall–Kier alpha value is 1.26. The molecule has 0 atom stereocenters. The molecule has 0 radical (unpaired) electrons. The summed E-state index contributed by atoms with van der Waals surface area (Å²) in [5.41, 5.74) is 0.477. The molecule has 0 heterocycles. The van der Waals surface area contributed by atoms with Crippen molar-refractivity contribution < 1.29 is 0 Å². The van der Waals surface area contributed by atoms with Crippen molar-refractivity contribution in [1.29, 1.82) is 0 Å². The molecule has 0 amide bonds. The van der Waals surface area contributed by atoms with E-state index in [9.17, 15) is 0 Å². The van der Waals surface area contributed by atoms with Crippen LogP contribution in [0.4, 0.5) is 0 Å². The zero-order chi connectivity index (χ0) is 16.2. The van der Waals surface area contributed by atoms with Gasteiger partial charge in [0.05, 0.1) is 0 Å². The summed E-state index contributed by atoms with van der Waals surface area (Å²) < 4.78 is 0. The van der Waals surface area contributed by atoms with E-state index in [1.807, 2.05) is 31.4 Å². The molecule has 0 unspecified atom stereocenters. The van der Waals surface area contributed by atoms with E-state index in [2.05, 4.69) is 52.2 Å². The van der Waals surface area contributed by atoms with Crippen LogP contribution < -0.4 is 10.6 Å². The Bertz CT molecular complexity index is 228. The van der Waals surface area contributed by atoms with Gasteiger partial charge in [0, 0.05) is 22.6 Å². The molecule has 2 nitrogen and oxygen atoms in total. The lowest BCUT2D eigenvalue weighted by molar-refractivity contribution is 0.429. The van der Waals surface area contributed by atoms with Crippen LogP contribution in [0, 0.1) is 0 Å². The SMILES string of the molecule is CCCCNC(C)(C)CSSSCC(C)(C)NCCCC.Cl. The Kier molecular flexibility index (Phi) is 16.9. The lowest BCUT2D eigenvalue weighted by atomic mass is 10.1.